The number of methoxy groups -OCH3 is 2. The quantitative estimate of drug-likeness (QED) is 0.492. The predicted molar refractivity (Wildman–Crippen MR) is 109 cm³/mol. The Morgan fingerprint density at radius 2 is 1.67 bits per heavy atom. The summed E-state index contributed by atoms with van der Waals surface area (Å²) in [6.07, 6.45) is 3.41. The average molecular weight is 368 g/mol. The van der Waals surface area contributed by atoms with Gasteiger partial charge in [-0.15, -0.1) is 0 Å². The standard InChI is InChI=1S/C23H28O4/c1-7-27-18-11-8-16(9-12-18)20(24)13-10-17-14-19(25-5)15-21(26-6)22(17)23(2,3)4/h8-15H,7H2,1-6H3/b13-10+. The molecule has 0 N–H and O–H groups in total. The van der Waals surface area contributed by atoms with E-state index in [0.717, 1.165) is 22.6 Å². The number of hydrogen-bond donors (Lipinski definition) is 0. The van der Waals surface area contributed by atoms with E-state index in [1.807, 2.05) is 25.1 Å². The highest BCUT2D eigenvalue weighted by Gasteiger charge is 2.23. The van der Waals surface area contributed by atoms with Crippen LogP contribution in [0.15, 0.2) is 42.5 Å². The van der Waals surface area contributed by atoms with Crippen molar-refractivity contribution in [1.82, 2.24) is 0 Å². The Labute approximate surface area is 161 Å². The number of ether oxygens (including phenoxy) is 3. The van der Waals surface area contributed by atoms with Gasteiger partial charge in [0.15, 0.2) is 5.78 Å². The van der Waals surface area contributed by atoms with Crippen LogP contribution in [-0.4, -0.2) is 26.6 Å². The zero-order valence-electron chi connectivity index (χ0n) is 17.0. The lowest BCUT2D eigenvalue weighted by molar-refractivity contribution is 0.104. The number of carbonyl (C=O) groups excluding carboxylic acids is 1. The van der Waals surface area contributed by atoms with Crippen LogP contribution >= 0.6 is 0 Å². The molecule has 4 heteroatoms. The van der Waals surface area contributed by atoms with Gasteiger partial charge in [0, 0.05) is 17.2 Å². The summed E-state index contributed by atoms with van der Waals surface area (Å²) in [4.78, 5) is 12.6. The van der Waals surface area contributed by atoms with Crippen LogP contribution < -0.4 is 14.2 Å². The van der Waals surface area contributed by atoms with Gasteiger partial charge in [0.05, 0.1) is 20.8 Å². The summed E-state index contributed by atoms with van der Waals surface area (Å²) in [6.45, 7) is 8.87. The van der Waals surface area contributed by atoms with Gasteiger partial charge in [-0.3, -0.25) is 4.79 Å². The van der Waals surface area contributed by atoms with Gasteiger partial charge in [0.25, 0.3) is 0 Å². The van der Waals surface area contributed by atoms with Crippen LogP contribution in [0.4, 0.5) is 0 Å². The summed E-state index contributed by atoms with van der Waals surface area (Å²) in [5.74, 6) is 2.12. The molecule has 27 heavy (non-hydrogen) atoms. The average Bonchev–Trinajstić information content (AvgIpc) is 2.65. The summed E-state index contributed by atoms with van der Waals surface area (Å²) < 4.78 is 16.4. The van der Waals surface area contributed by atoms with Crippen molar-refractivity contribution in [2.75, 3.05) is 20.8 Å². The number of rotatable bonds is 7. The fourth-order valence-electron chi connectivity index (χ4n) is 2.97. The minimum absolute atomic E-state index is 0.0697. The van der Waals surface area contributed by atoms with Crippen molar-refractivity contribution in [2.24, 2.45) is 0 Å². The summed E-state index contributed by atoms with van der Waals surface area (Å²) >= 11 is 0. The molecule has 0 radical (unpaired) electrons. The van der Waals surface area contributed by atoms with Gasteiger partial charge in [-0.05, 0) is 54.3 Å². The van der Waals surface area contributed by atoms with E-state index in [9.17, 15) is 4.79 Å². The fraction of sp³-hybridized carbons (Fsp3) is 0.348. The molecule has 0 amide bonds. The molecule has 0 fully saturated rings. The largest absolute Gasteiger partial charge is 0.497 e. The van der Waals surface area contributed by atoms with E-state index in [-0.39, 0.29) is 11.2 Å². The molecule has 0 atom stereocenters. The molecule has 0 aliphatic heterocycles. The van der Waals surface area contributed by atoms with Crippen molar-refractivity contribution in [3.63, 3.8) is 0 Å². The van der Waals surface area contributed by atoms with E-state index in [1.165, 1.54) is 0 Å². The zero-order valence-corrected chi connectivity index (χ0v) is 17.0. The molecule has 0 saturated carbocycles. The highest BCUT2D eigenvalue weighted by Crippen LogP contribution is 2.38. The predicted octanol–water partition coefficient (Wildman–Crippen LogP) is 5.30. The first kappa shape index (κ1) is 20.6. The summed E-state index contributed by atoms with van der Waals surface area (Å²) in [5, 5.41) is 0. The third kappa shape index (κ3) is 5.13. The molecule has 2 aromatic carbocycles. The Bertz CT molecular complexity index is 812. The Morgan fingerprint density at radius 1 is 1.00 bits per heavy atom. The number of allylic oxidation sites excluding steroid dienone is 1. The first-order valence-electron chi connectivity index (χ1n) is 9.02. The maximum absolute atomic E-state index is 12.6. The van der Waals surface area contributed by atoms with E-state index in [2.05, 4.69) is 20.8 Å². The molecular weight excluding hydrogens is 340 g/mol. The van der Waals surface area contributed by atoms with Crippen molar-refractivity contribution in [1.29, 1.82) is 0 Å². The van der Waals surface area contributed by atoms with Crippen molar-refractivity contribution in [3.8, 4) is 17.2 Å². The van der Waals surface area contributed by atoms with Crippen molar-refractivity contribution in [2.45, 2.75) is 33.1 Å². The van der Waals surface area contributed by atoms with Crippen molar-refractivity contribution < 1.29 is 19.0 Å². The molecule has 0 spiro atoms. The molecule has 2 aromatic rings. The minimum atomic E-state index is -0.153. The van der Waals surface area contributed by atoms with Crippen LogP contribution in [0.2, 0.25) is 0 Å². The molecule has 2 rings (SSSR count). The van der Waals surface area contributed by atoms with Crippen LogP contribution in [0.3, 0.4) is 0 Å². The monoisotopic (exact) mass is 368 g/mol. The van der Waals surface area contributed by atoms with Gasteiger partial charge in [0.2, 0.25) is 0 Å². The second-order valence-electron chi connectivity index (χ2n) is 7.20. The third-order valence-electron chi connectivity index (χ3n) is 4.18. The Balaban J connectivity index is 2.38. The molecule has 0 heterocycles. The molecule has 0 saturated heterocycles. The Hall–Kier alpha value is -2.75. The summed E-state index contributed by atoms with van der Waals surface area (Å²) in [5.41, 5.74) is 2.39. The molecule has 4 nitrogen and oxygen atoms in total. The topological polar surface area (TPSA) is 44.8 Å². The van der Waals surface area contributed by atoms with E-state index in [0.29, 0.717) is 17.9 Å². The number of hydrogen-bond acceptors (Lipinski definition) is 4. The first-order chi connectivity index (χ1) is 12.8. The molecule has 0 aliphatic carbocycles. The lowest BCUT2D eigenvalue weighted by Gasteiger charge is -2.25. The third-order valence-corrected chi connectivity index (χ3v) is 4.18. The maximum atomic E-state index is 12.6. The van der Waals surface area contributed by atoms with Crippen LogP contribution in [-0.2, 0) is 5.41 Å². The summed E-state index contributed by atoms with van der Waals surface area (Å²) in [6, 6.07) is 10.9. The van der Waals surface area contributed by atoms with Crippen LogP contribution in [0, 0.1) is 0 Å². The molecule has 0 aliphatic rings. The minimum Gasteiger partial charge on any atom is -0.497 e. The van der Waals surface area contributed by atoms with Gasteiger partial charge in [-0.2, -0.15) is 0 Å². The van der Waals surface area contributed by atoms with E-state index < -0.39 is 0 Å². The first-order valence-corrected chi connectivity index (χ1v) is 9.02. The zero-order chi connectivity index (χ0) is 20.0. The van der Waals surface area contributed by atoms with Crippen LogP contribution in [0.5, 0.6) is 17.2 Å². The molecule has 0 bridgehead atoms. The molecular formula is C23H28O4. The van der Waals surface area contributed by atoms with Crippen molar-refractivity contribution in [3.05, 3.63) is 59.2 Å². The van der Waals surface area contributed by atoms with Crippen LogP contribution in [0.25, 0.3) is 6.08 Å². The smallest absolute Gasteiger partial charge is 0.185 e. The number of benzene rings is 2. The Kier molecular flexibility index (Phi) is 6.67. The van der Waals surface area contributed by atoms with Gasteiger partial charge >= 0.3 is 0 Å². The molecule has 144 valence electrons. The van der Waals surface area contributed by atoms with Crippen molar-refractivity contribution >= 4 is 11.9 Å². The van der Waals surface area contributed by atoms with E-state index in [1.54, 1.807) is 44.6 Å². The number of carbonyl (C=O) groups is 1. The Morgan fingerprint density at radius 3 is 2.19 bits per heavy atom. The highest BCUT2D eigenvalue weighted by molar-refractivity contribution is 6.07. The van der Waals surface area contributed by atoms with Gasteiger partial charge in [-0.25, -0.2) is 0 Å². The van der Waals surface area contributed by atoms with Gasteiger partial charge < -0.3 is 14.2 Å². The van der Waals surface area contributed by atoms with E-state index >= 15 is 0 Å². The second-order valence-corrected chi connectivity index (χ2v) is 7.20. The van der Waals surface area contributed by atoms with Gasteiger partial charge in [-0.1, -0.05) is 26.8 Å². The number of ketones is 1. The lowest BCUT2D eigenvalue weighted by Crippen LogP contribution is -2.15. The SMILES string of the molecule is CCOc1ccc(C(=O)/C=C/c2cc(OC)cc(OC)c2C(C)(C)C)cc1. The maximum Gasteiger partial charge on any atom is 0.185 e. The molecule has 0 unspecified atom stereocenters. The summed E-state index contributed by atoms with van der Waals surface area (Å²) in [7, 11) is 3.26. The van der Waals surface area contributed by atoms with Gasteiger partial charge in [0.1, 0.15) is 17.2 Å². The lowest BCUT2D eigenvalue weighted by atomic mass is 9.82. The normalized spacial score (nSPS) is 11.5. The van der Waals surface area contributed by atoms with Crippen LogP contribution in [0.1, 0.15) is 49.2 Å². The fourth-order valence-corrected chi connectivity index (χ4v) is 2.97. The second kappa shape index (κ2) is 8.76. The highest BCUT2D eigenvalue weighted by atomic mass is 16.5. The van der Waals surface area contributed by atoms with E-state index in [4.69, 9.17) is 14.2 Å². The molecule has 0 aromatic heterocycles.